The molecule has 2 atom stereocenters. The first-order valence-corrected chi connectivity index (χ1v) is 3.97. The highest BCUT2D eigenvalue weighted by Gasteiger charge is 2.36. The Hall–Kier alpha value is -0.120. The normalized spacial score (nSPS) is 30.6. The lowest BCUT2D eigenvalue weighted by Gasteiger charge is -1.94. The zero-order valence-electron chi connectivity index (χ0n) is 6.47. The van der Waals surface area contributed by atoms with Crippen LogP contribution >= 0.6 is 0 Å². The molecule has 1 aliphatic rings. The second-order valence-electron chi connectivity index (χ2n) is 2.63. The fourth-order valence-corrected chi connectivity index (χ4v) is 0.993. The summed E-state index contributed by atoms with van der Waals surface area (Å²) in [5.74, 6) is 0. The maximum absolute atomic E-state index is 5.35. The van der Waals surface area contributed by atoms with E-state index in [1.807, 2.05) is 0 Å². The number of ether oxygens (including phenoxy) is 1. The minimum absolute atomic E-state index is 0.309. The molecule has 60 valence electrons. The van der Waals surface area contributed by atoms with Crippen molar-refractivity contribution in [1.29, 1.82) is 0 Å². The molecular weight excluding hydrogens is 128 g/mol. The zero-order valence-corrected chi connectivity index (χ0v) is 6.47. The zero-order chi connectivity index (χ0) is 7.40. The SMILES string of the molecule is CCCNC1OC1CCN. The summed E-state index contributed by atoms with van der Waals surface area (Å²) in [6.45, 7) is 3.92. The van der Waals surface area contributed by atoms with Gasteiger partial charge in [-0.25, -0.2) is 0 Å². The van der Waals surface area contributed by atoms with Gasteiger partial charge in [-0.2, -0.15) is 0 Å². The van der Waals surface area contributed by atoms with E-state index in [0.717, 1.165) is 25.9 Å². The maximum atomic E-state index is 5.35. The molecule has 3 heteroatoms. The molecule has 3 nitrogen and oxygen atoms in total. The smallest absolute Gasteiger partial charge is 0.135 e. The van der Waals surface area contributed by atoms with Gasteiger partial charge in [0.05, 0.1) is 0 Å². The molecule has 0 aromatic heterocycles. The monoisotopic (exact) mass is 144 g/mol. The molecule has 10 heavy (non-hydrogen) atoms. The lowest BCUT2D eigenvalue weighted by molar-refractivity contribution is 0.341. The molecular formula is C7H16N2O. The van der Waals surface area contributed by atoms with Crippen LogP contribution in [0.4, 0.5) is 0 Å². The van der Waals surface area contributed by atoms with Gasteiger partial charge in [0.25, 0.3) is 0 Å². The molecule has 0 aliphatic carbocycles. The van der Waals surface area contributed by atoms with Crippen LogP contribution in [0, 0.1) is 0 Å². The first kappa shape index (κ1) is 7.98. The Morgan fingerprint density at radius 2 is 2.40 bits per heavy atom. The highest BCUT2D eigenvalue weighted by molar-refractivity contribution is 4.82. The number of nitrogens with one attached hydrogen (secondary N) is 1. The summed E-state index contributed by atoms with van der Waals surface area (Å²) in [7, 11) is 0. The third kappa shape index (κ3) is 2.25. The van der Waals surface area contributed by atoms with Crippen molar-refractivity contribution in [3.63, 3.8) is 0 Å². The van der Waals surface area contributed by atoms with Crippen LogP contribution in [0.1, 0.15) is 19.8 Å². The van der Waals surface area contributed by atoms with Crippen molar-refractivity contribution < 1.29 is 4.74 Å². The Kier molecular flexibility index (Phi) is 3.12. The summed E-state index contributed by atoms with van der Waals surface area (Å²) in [6.07, 6.45) is 2.86. The Morgan fingerprint density at radius 3 is 3.00 bits per heavy atom. The number of nitrogens with two attached hydrogens (primary N) is 1. The van der Waals surface area contributed by atoms with E-state index in [-0.39, 0.29) is 0 Å². The van der Waals surface area contributed by atoms with Crippen LogP contribution in [0.15, 0.2) is 0 Å². The van der Waals surface area contributed by atoms with Crippen molar-refractivity contribution in [1.82, 2.24) is 5.32 Å². The Morgan fingerprint density at radius 1 is 1.60 bits per heavy atom. The summed E-state index contributed by atoms with van der Waals surface area (Å²) in [6, 6.07) is 0. The molecule has 1 saturated heterocycles. The predicted molar refractivity (Wildman–Crippen MR) is 40.6 cm³/mol. The van der Waals surface area contributed by atoms with Crippen LogP contribution in [-0.4, -0.2) is 25.4 Å². The highest BCUT2D eigenvalue weighted by Crippen LogP contribution is 2.21. The molecule has 0 aromatic rings. The van der Waals surface area contributed by atoms with Crippen LogP contribution < -0.4 is 11.1 Å². The van der Waals surface area contributed by atoms with Gasteiger partial charge in [-0.15, -0.1) is 0 Å². The van der Waals surface area contributed by atoms with Gasteiger partial charge in [-0.3, -0.25) is 5.32 Å². The Bertz CT molecular complexity index is 97.6. The third-order valence-corrected chi connectivity index (χ3v) is 1.63. The highest BCUT2D eigenvalue weighted by atomic mass is 16.6. The standard InChI is InChI=1S/C7H16N2O/c1-2-5-9-7-6(10-7)3-4-8/h6-7,9H,2-5,8H2,1H3. The Labute approximate surface area is 61.9 Å². The summed E-state index contributed by atoms with van der Waals surface area (Å²) in [5, 5.41) is 3.26. The van der Waals surface area contributed by atoms with Crippen molar-refractivity contribution in [2.75, 3.05) is 13.1 Å². The van der Waals surface area contributed by atoms with Gasteiger partial charge in [0, 0.05) is 0 Å². The summed E-state index contributed by atoms with van der Waals surface area (Å²) in [4.78, 5) is 0. The predicted octanol–water partition coefficient (Wildman–Crippen LogP) is 0.0597. The molecule has 0 aromatic carbocycles. The fourth-order valence-electron chi connectivity index (χ4n) is 0.993. The molecule has 0 spiro atoms. The number of hydrogen-bond acceptors (Lipinski definition) is 3. The van der Waals surface area contributed by atoms with Gasteiger partial charge < -0.3 is 10.5 Å². The molecule has 3 N–H and O–H groups in total. The van der Waals surface area contributed by atoms with E-state index in [4.69, 9.17) is 10.5 Å². The Balaban J connectivity index is 1.92. The van der Waals surface area contributed by atoms with Crippen LogP contribution in [0.2, 0.25) is 0 Å². The van der Waals surface area contributed by atoms with Gasteiger partial charge in [0.15, 0.2) is 0 Å². The first-order chi connectivity index (χ1) is 4.88. The van der Waals surface area contributed by atoms with Gasteiger partial charge in [0.2, 0.25) is 0 Å². The van der Waals surface area contributed by atoms with Crippen molar-refractivity contribution in [2.45, 2.75) is 32.1 Å². The van der Waals surface area contributed by atoms with E-state index in [0.29, 0.717) is 12.3 Å². The van der Waals surface area contributed by atoms with Gasteiger partial charge >= 0.3 is 0 Å². The molecule has 0 bridgehead atoms. The van der Waals surface area contributed by atoms with Crippen molar-refractivity contribution >= 4 is 0 Å². The van der Waals surface area contributed by atoms with E-state index >= 15 is 0 Å². The average Bonchev–Trinajstić information content (AvgIpc) is 2.65. The second-order valence-corrected chi connectivity index (χ2v) is 2.63. The van der Waals surface area contributed by atoms with Crippen LogP contribution in [-0.2, 0) is 4.74 Å². The van der Waals surface area contributed by atoms with Crippen LogP contribution in [0.3, 0.4) is 0 Å². The molecule has 1 rings (SSSR count). The largest absolute Gasteiger partial charge is 0.353 e. The first-order valence-electron chi connectivity index (χ1n) is 3.97. The molecule has 0 radical (unpaired) electrons. The molecule has 1 heterocycles. The molecule has 2 unspecified atom stereocenters. The van der Waals surface area contributed by atoms with Crippen LogP contribution in [0.25, 0.3) is 0 Å². The van der Waals surface area contributed by atoms with E-state index < -0.39 is 0 Å². The van der Waals surface area contributed by atoms with Crippen LogP contribution in [0.5, 0.6) is 0 Å². The molecule has 0 amide bonds. The minimum atomic E-state index is 0.309. The lowest BCUT2D eigenvalue weighted by atomic mass is 10.3. The number of hydrogen-bond donors (Lipinski definition) is 2. The number of rotatable bonds is 5. The van der Waals surface area contributed by atoms with Gasteiger partial charge in [-0.05, 0) is 25.9 Å². The van der Waals surface area contributed by atoms with Crippen molar-refractivity contribution in [3.8, 4) is 0 Å². The summed E-state index contributed by atoms with van der Waals surface area (Å²) in [5.41, 5.74) is 5.35. The lowest BCUT2D eigenvalue weighted by Crippen LogP contribution is -2.21. The van der Waals surface area contributed by atoms with Gasteiger partial charge in [-0.1, -0.05) is 6.92 Å². The molecule has 0 saturated carbocycles. The van der Waals surface area contributed by atoms with Crippen molar-refractivity contribution in [2.24, 2.45) is 5.73 Å². The van der Waals surface area contributed by atoms with Gasteiger partial charge in [0.1, 0.15) is 12.3 Å². The fraction of sp³-hybridized carbons (Fsp3) is 1.00. The molecule has 1 aliphatic heterocycles. The van der Waals surface area contributed by atoms with Crippen molar-refractivity contribution in [3.05, 3.63) is 0 Å². The van der Waals surface area contributed by atoms with E-state index in [2.05, 4.69) is 12.2 Å². The minimum Gasteiger partial charge on any atom is -0.353 e. The van der Waals surface area contributed by atoms with E-state index in [9.17, 15) is 0 Å². The quantitative estimate of drug-likeness (QED) is 0.536. The van der Waals surface area contributed by atoms with E-state index in [1.54, 1.807) is 0 Å². The van der Waals surface area contributed by atoms with E-state index in [1.165, 1.54) is 0 Å². The summed E-state index contributed by atoms with van der Waals surface area (Å²) < 4.78 is 5.27. The summed E-state index contributed by atoms with van der Waals surface area (Å²) >= 11 is 0. The third-order valence-electron chi connectivity index (χ3n) is 1.63. The second kappa shape index (κ2) is 3.91. The number of epoxide rings is 1. The topological polar surface area (TPSA) is 50.6 Å². The molecule has 1 fully saturated rings. The maximum Gasteiger partial charge on any atom is 0.135 e. The average molecular weight is 144 g/mol.